The molecular weight excluding hydrogens is 594 g/mol. The molecule has 0 saturated carbocycles. The summed E-state index contributed by atoms with van der Waals surface area (Å²) in [4.78, 5) is 38.2. The SMILES string of the molecule is CCOC(=O)c1c(NC(=O)c2c(N)n(-c3ccc(Cl)cc3)c3nc4ccccc4nc23)sc2c1CC[C@@H](c1ccccc1)C2. The number of hydrogen-bond donors (Lipinski definition) is 2. The number of nitrogen functional groups attached to an aromatic ring is 1. The van der Waals surface area contributed by atoms with Crippen molar-refractivity contribution in [2.45, 2.75) is 32.1 Å². The number of rotatable bonds is 6. The van der Waals surface area contributed by atoms with E-state index in [4.69, 9.17) is 32.0 Å². The van der Waals surface area contributed by atoms with Gasteiger partial charge in [0.1, 0.15) is 21.9 Å². The van der Waals surface area contributed by atoms with E-state index in [1.807, 2.05) is 54.6 Å². The molecule has 3 aromatic carbocycles. The van der Waals surface area contributed by atoms with Gasteiger partial charge in [0.05, 0.1) is 23.2 Å². The summed E-state index contributed by atoms with van der Waals surface area (Å²) < 4.78 is 7.16. The standard InChI is InChI=1S/C34H28ClN5O3S/c1-2-43-34(42)27-23-17-12-20(19-8-4-3-5-9-19)18-26(23)44-33(27)39-32(41)28-29-31(38-25-11-7-6-10-24(25)37-29)40(30(28)36)22-15-13-21(35)14-16-22/h3-11,13-16,20H,2,12,17-18,36H2,1H3,(H,39,41)/t20-/m1/s1. The van der Waals surface area contributed by atoms with E-state index in [9.17, 15) is 9.59 Å². The number of amides is 1. The van der Waals surface area contributed by atoms with E-state index in [1.54, 1.807) is 23.6 Å². The van der Waals surface area contributed by atoms with Gasteiger partial charge in [0, 0.05) is 15.6 Å². The van der Waals surface area contributed by atoms with Crippen molar-refractivity contribution in [3.63, 3.8) is 0 Å². The van der Waals surface area contributed by atoms with Gasteiger partial charge in [0.25, 0.3) is 5.91 Å². The third-order valence-electron chi connectivity index (χ3n) is 8.05. The molecule has 1 atom stereocenters. The number of nitrogens with one attached hydrogen (secondary N) is 1. The summed E-state index contributed by atoms with van der Waals surface area (Å²) in [5.41, 5.74) is 12.3. The van der Waals surface area contributed by atoms with Crippen molar-refractivity contribution in [2.75, 3.05) is 17.7 Å². The number of hydrogen-bond acceptors (Lipinski definition) is 7. The van der Waals surface area contributed by atoms with Gasteiger partial charge in [-0.05, 0) is 79.6 Å². The number of para-hydroxylation sites is 2. The molecule has 0 radical (unpaired) electrons. The average molecular weight is 622 g/mol. The van der Waals surface area contributed by atoms with Crippen LogP contribution in [0.2, 0.25) is 5.02 Å². The van der Waals surface area contributed by atoms with Gasteiger partial charge in [-0.1, -0.05) is 54.1 Å². The van der Waals surface area contributed by atoms with Gasteiger partial charge in [-0.3, -0.25) is 9.36 Å². The maximum absolute atomic E-state index is 14.2. The molecule has 0 unspecified atom stereocenters. The van der Waals surface area contributed by atoms with E-state index in [0.717, 1.165) is 23.3 Å². The number of anilines is 2. The van der Waals surface area contributed by atoms with Crippen LogP contribution >= 0.6 is 22.9 Å². The average Bonchev–Trinajstić information content (AvgIpc) is 3.53. The summed E-state index contributed by atoms with van der Waals surface area (Å²) in [5.74, 6) is -0.412. The highest BCUT2D eigenvalue weighted by Crippen LogP contribution is 2.43. The Balaban J connectivity index is 1.33. The predicted octanol–water partition coefficient (Wildman–Crippen LogP) is 7.57. The fraction of sp³-hybridized carbons (Fsp3) is 0.176. The van der Waals surface area contributed by atoms with Crippen LogP contribution in [0.5, 0.6) is 0 Å². The minimum Gasteiger partial charge on any atom is -0.462 e. The Morgan fingerprint density at radius 3 is 2.43 bits per heavy atom. The largest absolute Gasteiger partial charge is 0.462 e. The number of halogens is 1. The van der Waals surface area contributed by atoms with Crippen molar-refractivity contribution < 1.29 is 14.3 Å². The Kier molecular flexibility index (Phi) is 7.27. The molecule has 6 aromatic rings. The number of aromatic nitrogens is 3. The molecule has 1 aliphatic carbocycles. The Morgan fingerprint density at radius 2 is 1.70 bits per heavy atom. The topological polar surface area (TPSA) is 112 Å². The van der Waals surface area contributed by atoms with Gasteiger partial charge in [-0.2, -0.15) is 0 Å². The Morgan fingerprint density at radius 1 is 1.00 bits per heavy atom. The Bertz CT molecular complexity index is 2050. The number of ether oxygens (including phenoxy) is 1. The third kappa shape index (κ3) is 4.88. The van der Waals surface area contributed by atoms with Gasteiger partial charge >= 0.3 is 5.97 Å². The zero-order valence-electron chi connectivity index (χ0n) is 23.8. The van der Waals surface area contributed by atoms with Crippen LogP contribution in [0, 0.1) is 0 Å². The number of benzene rings is 3. The molecule has 3 aromatic heterocycles. The van der Waals surface area contributed by atoms with Crippen LogP contribution in [0.3, 0.4) is 0 Å². The van der Waals surface area contributed by atoms with Crippen molar-refractivity contribution in [2.24, 2.45) is 0 Å². The molecule has 10 heteroatoms. The normalized spacial score (nSPS) is 14.5. The van der Waals surface area contributed by atoms with E-state index >= 15 is 0 Å². The zero-order chi connectivity index (χ0) is 30.4. The second kappa shape index (κ2) is 11.4. The maximum atomic E-state index is 14.2. The van der Waals surface area contributed by atoms with Crippen LogP contribution in [0.15, 0.2) is 78.9 Å². The maximum Gasteiger partial charge on any atom is 0.341 e. The molecular formula is C34H28ClN5O3S. The predicted molar refractivity (Wildman–Crippen MR) is 175 cm³/mol. The summed E-state index contributed by atoms with van der Waals surface area (Å²) in [7, 11) is 0. The number of carbonyl (C=O) groups is 2. The summed E-state index contributed by atoms with van der Waals surface area (Å²) in [5, 5.41) is 4.05. The number of thiophene rings is 1. The van der Waals surface area contributed by atoms with E-state index in [0.29, 0.717) is 55.8 Å². The number of carbonyl (C=O) groups excluding carboxylic acids is 2. The molecule has 0 saturated heterocycles. The highest BCUT2D eigenvalue weighted by atomic mass is 35.5. The Labute approximate surface area is 262 Å². The molecule has 0 spiro atoms. The smallest absolute Gasteiger partial charge is 0.341 e. The van der Waals surface area contributed by atoms with Crippen molar-refractivity contribution in [1.29, 1.82) is 0 Å². The lowest BCUT2D eigenvalue weighted by atomic mass is 9.83. The lowest BCUT2D eigenvalue weighted by Crippen LogP contribution is -2.18. The van der Waals surface area contributed by atoms with E-state index in [-0.39, 0.29) is 18.0 Å². The van der Waals surface area contributed by atoms with Crippen molar-refractivity contribution in [3.05, 3.63) is 111 Å². The van der Waals surface area contributed by atoms with Crippen molar-refractivity contribution in [1.82, 2.24) is 14.5 Å². The first-order chi connectivity index (χ1) is 21.4. The minimum absolute atomic E-state index is 0.177. The van der Waals surface area contributed by atoms with Gasteiger partial charge in [-0.15, -0.1) is 11.3 Å². The van der Waals surface area contributed by atoms with Crippen LogP contribution < -0.4 is 11.1 Å². The number of fused-ring (bicyclic) bond motifs is 3. The van der Waals surface area contributed by atoms with Gasteiger partial charge in [-0.25, -0.2) is 14.8 Å². The van der Waals surface area contributed by atoms with Crippen LogP contribution in [-0.4, -0.2) is 33.0 Å². The molecule has 3 heterocycles. The number of esters is 1. The number of nitrogens with two attached hydrogens (primary N) is 1. The summed E-state index contributed by atoms with van der Waals surface area (Å²) in [6.07, 6.45) is 2.39. The molecule has 0 fully saturated rings. The minimum atomic E-state index is -0.478. The monoisotopic (exact) mass is 621 g/mol. The molecule has 1 aliphatic rings. The van der Waals surface area contributed by atoms with Gasteiger partial charge in [0.2, 0.25) is 0 Å². The summed E-state index contributed by atoms with van der Waals surface area (Å²) in [6, 6.07) is 25.0. The lowest BCUT2D eigenvalue weighted by molar-refractivity contribution is 0.0526. The van der Waals surface area contributed by atoms with Gasteiger partial charge in [0.15, 0.2) is 5.65 Å². The van der Waals surface area contributed by atoms with E-state index in [2.05, 4.69) is 17.4 Å². The highest BCUT2D eigenvalue weighted by molar-refractivity contribution is 7.17. The van der Waals surface area contributed by atoms with Crippen LogP contribution in [0.1, 0.15) is 56.0 Å². The van der Waals surface area contributed by atoms with E-state index in [1.165, 1.54) is 16.9 Å². The first-order valence-corrected chi connectivity index (χ1v) is 15.6. The van der Waals surface area contributed by atoms with Crippen LogP contribution in [0.25, 0.3) is 27.9 Å². The lowest BCUT2D eigenvalue weighted by Gasteiger charge is -2.23. The van der Waals surface area contributed by atoms with Gasteiger partial charge < -0.3 is 15.8 Å². The fourth-order valence-corrected chi connectivity index (χ4v) is 7.44. The van der Waals surface area contributed by atoms with Crippen LogP contribution in [-0.2, 0) is 17.6 Å². The Hall–Kier alpha value is -4.73. The third-order valence-corrected chi connectivity index (χ3v) is 9.47. The molecule has 44 heavy (non-hydrogen) atoms. The second-order valence-electron chi connectivity index (χ2n) is 10.7. The van der Waals surface area contributed by atoms with Crippen molar-refractivity contribution in [3.8, 4) is 5.69 Å². The zero-order valence-corrected chi connectivity index (χ0v) is 25.4. The van der Waals surface area contributed by atoms with E-state index < -0.39 is 11.9 Å². The summed E-state index contributed by atoms with van der Waals surface area (Å²) >= 11 is 7.59. The van der Waals surface area contributed by atoms with Crippen molar-refractivity contribution >= 4 is 67.8 Å². The molecule has 220 valence electrons. The molecule has 3 N–H and O–H groups in total. The first-order valence-electron chi connectivity index (χ1n) is 14.4. The first kappa shape index (κ1) is 28.1. The second-order valence-corrected chi connectivity index (χ2v) is 12.2. The van der Waals surface area contributed by atoms with Crippen LogP contribution in [0.4, 0.5) is 10.8 Å². The molecule has 8 nitrogen and oxygen atoms in total. The molecule has 0 aliphatic heterocycles. The fourth-order valence-electron chi connectivity index (χ4n) is 6.01. The molecule has 1 amide bonds. The quantitative estimate of drug-likeness (QED) is 0.186. The highest BCUT2D eigenvalue weighted by Gasteiger charge is 2.32. The molecule has 7 rings (SSSR count). The molecule has 0 bridgehead atoms. The number of nitrogens with zero attached hydrogens (tertiary/aromatic N) is 3. The summed E-state index contributed by atoms with van der Waals surface area (Å²) in [6.45, 7) is 2.00.